The topological polar surface area (TPSA) is 61.2 Å². The fourth-order valence-corrected chi connectivity index (χ4v) is 2.66. The zero-order valence-electron chi connectivity index (χ0n) is 18.6. The van der Waals surface area contributed by atoms with E-state index in [4.69, 9.17) is 4.74 Å². The van der Waals surface area contributed by atoms with Crippen LogP contribution in [0.25, 0.3) is 0 Å². The smallest absolute Gasteiger partial charge is 0.356 e. The third-order valence-electron chi connectivity index (χ3n) is 3.95. The second kappa shape index (κ2) is 13.9. The van der Waals surface area contributed by atoms with E-state index in [1.54, 1.807) is 35.9 Å². The standard InChI is InChI=1S/C21H20N2O3.2C2H6/c1-2-26-21(25)19-7-5-6-18(22-19)14-16-9-11-17(12-10-16)15-23-13-4-3-8-20(23)24;2*1-2/h3-13H,2,14-15H2,1H3;2*1-2H3. The molecule has 0 aliphatic rings. The molecule has 0 saturated carbocycles. The van der Waals surface area contributed by atoms with Crippen molar-refractivity contribution in [2.24, 2.45) is 0 Å². The number of rotatable bonds is 6. The van der Waals surface area contributed by atoms with E-state index in [1.807, 2.05) is 70.2 Å². The van der Waals surface area contributed by atoms with E-state index in [-0.39, 0.29) is 5.56 Å². The van der Waals surface area contributed by atoms with Crippen molar-refractivity contribution in [1.82, 2.24) is 9.55 Å². The molecule has 0 fully saturated rings. The van der Waals surface area contributed by atoms with Crippen molar-refractivity contribution in [2.45, 2.75) is 47.6 Å². The quantitative estimate of drug-likeness (QED) is 0.532. The number of benzene rings is 1. The van der Waals surface area contributed by atoms with Crippen LogP contribution in [0, 0.1) is 0 Å². The third kappa shape index (κ3) is 7.66. The zero-order chi connectivity index (χ0) is 22.4. The van der Waals surface area contributed by atoms with E-state index in [0.717, 1.165) is 16.8 Å². The number of pyridine rings is 2. The zero-order valence-corrected chi connectivity index (χ0v) is 18.6. The Morgan fingerprint density at radius 3 is 2.20 bits per heavy atom. The van der Waals surface area contributed by atoms with Gasteiger partial charge in [0.15, 0.2) is 0 Å². The number of ether oxygens (including phenoxy) is 1. The Hall–Kier alpha value is -3.21. The minimum Gasteiger partial charge on any atom is -0.461 e. The molecule has 30 heavy (non-hydrogen) atoms. The third-order valence-corrected chi connectivity index (χ3v) is 3.95. The Morgan fingerprint density at radius 2 is 1.57 bits per heavy atom. The lowest BCUT2D eigenvalue weighted by Crippen LogP contribution is -2.18. The maximum absolute atomic E-state index is 11.8. The minimum atomic E-state index is -0.405. The summed E-state index contributed by atoms with van der Waals surface area (Å²) in [5.41, 5.74) is 3.25. The first-order chi connectivity index (χ1) is 14.7. The van der Waals surface area contributed by atoms with E-state index in [9.17, 15) is 9.59 Å². The Kier molecular flexibility index (Phi) is 11.5. The van der Waals surface area contributed by atoms with Gasteiger partial charge >= 0.3 is 5.97 Å². The summed E-state index contributed by atoms with van der Waals surface area (Å²) >= 11 is 0. The number of hydrogen-bond donors (Lipinski definition) is 0. The van der Waals surface area contributed by atoms with Crippen molar-refractivity contribution in [3.8, 4) is 0 Å². The SMILES string of the molecule is CC.CC.CCOC(=O)c1cccc(Cc2ccc(Cn3ccccc3=O)cc2)n1. The molecule has 0 unspecified atom stereocenters. The number of hydrogen-bond acceptors (Lipinski definition) is 4. The second-order valence-electron chi connectivity index (χ2n) is 5.89. The molecule has 0 amide bonds. The van der Waals surface area contributed by atoms with Crippen LogP contribution in [-0.2, 0) is 17.7 Å². The molecule has 2 aromatic heterocycles. The predicted molar refractivity (Wildman–Crippen MR) is 122 cm³/mol. The molecule has 3 aromatic rings. The van der Waals surface area contributed by atoms with Crippen molar-refractivity contribution in [3.05, 3.63) is 99.7 Å². The highest BCUT2D eigenvalue weighted by molar-refractivity contribution is 5.87. The van der Waals surface area contributed by atoms with Crippen LogP contribution in [0.5, 0.6) is 0 Å². The molecular weight excluding hydrogens is 376 g/mol. The molecule has 0 bridgehead atoms. The first-order valence-electron chi connectivity index (χ1n) is 10.5. The van der Waals surface area contributed by atoms with Gasteiger partial charge in [0.25, 0.3) is 5.56 Å². The van der Waals surface area contributed by atoms with Gasteiger partial charge in [-0.15, -0.1) is 0 Å². The maximum atomic E-state index is 11.8. The van der Waals surface area contributed by atoms with Gasteiger partial charge in [-0.1, -0.05) is 64.1 Å². The monoisotopic (exact) mass is 408 g/mol. The fraction of sp³-hybridized carbons (Fsp3) is 0.320. The van der Waals surface area contributed by atoms with E-state index < -0.39 is 5.97 Å². The average molecular weight is 409 g/mol. The molecule has 5 heteroatoms. The minimum absolute atomic E-state index is 0.0171. The molecular formula is C25H32N2O3. The van der Waals surface area contributed by atoms with Gasteiger partial charge in [0.1, 0.15) is 5.69 Å². The molecule has 5 nitrogen and oxygen atoms in total. The predicted octanol–water partition coefficient (Wildman–Crippen LogP) is 5.11. The molecule has 0 atom stereocenters. The lowest BCUT2D eigenvalue weighted by Gasteiger charge is -2.07. The van der Waals surface area contributed by atoms with E-state index in [0.29, 0.717) is 25.3 Å². The second-order valence-corrected chi connectivity index (χ2v) is 5.89. The van der Waals surface area contributed by atoms with Crippen molar-refractivity contribution in [1.29, 1.82) is 0 Å². The molecule has 0 saturated heterocycles. The maximum Gasteiger partial charge on any atom is 0.356 e. The van der Waals surface area contributed by atoms with E-state index in [2.05, 4.69) is 4.98 Å². The summed E-state index contributed by atoms with van der Waals surface area (Å²) in [4.78, 5) is 27.9. The number of nitrogens with zero attached hydrogens (tertiary/aromatic N) is 2. The molecule has 3 rings (SSSR count). The fourth-order valence-electron chi connectivity index (χ4n) is 2.66. The van der Waals surface area contributed by atoms with Crippen molar-refractivity contribution < 1.29 is 9.53 Å². The van der Waals surface area contributed by atoms with Gasteiger partial charge in [-0.2, -0.15) is 0 Å². The van der Waals surface area contributed by atoms with Crippen LogP contribution in [0.4, 0.5) is 0 Å². The Morgan fingerprint density at radius 1 is 0.900 bits per heavy atom. The Bertz CT molecular complexity index is 947. The molecule has 160 valence electrons. The highest BCUT2D eigenvalue weighted by Gasteiger charge is 2.09. The first kappa shape index (κ1) is 24.8. The molecule has 0 radical (unpaired) electrons. The van der Waals surface area contributed by atoms with Crippen molar-refractivity contribution >= 4 is 5.97 Å². The van der Waals surface area contributed by atoms with Crippen LogP contribution in [-0.4, -0.2) is 22.1 Å². The van der Waals surface area contributed by atoms with Crippen molar-refractivity contribution in [2.75, 3.05) is 6.61 Å². The molecule has 0 spiro atoms. The lowest BCUT2D eigenvalue weighted by molar-refractivity contribution is 0.0519. The van der Waals surface area contributed by atoms with Gasteiger partial charge < -0.3 is 9.30 Å². The van der Waals surface area contributed by atoms with Gasteiger partial charge in [0, 0.05) is 24.4 Å². The lowest BCUT2D eigenvalue weighted by atomic mass is 10.1. The summed E-state index contributed by atoms with van der Waals surface area (Å²) in [5.74, 6) is -0.405. The van der Waals surface area contributed by atoms with Gasteiger partial charge in [0.2, 0.25) is 0 Å². The van der Waals surface area contributed by atoms with E-state index in [1.165, 1.54) is 0 Å². The van der Waals surface area contributed by atoms with Gasteiger partial charge in [0.05, 0.1) is 13.2 Å². The van der Waals surface area contributed by atoms with Gasteiger partial charge in [-0.05, 0) is 36.2 Å². The van der Waals surface area contributed by atoms with Crippen LogP contribution in [0.1, 0.15) is 61.9 Å². The molecule has 0 N–H and O–H groups in total. The largest absolute Gasteiger partial charge is 0.461 e. The van der Waals surface area contributed by atoms with Gasteiger partial charge in [-0.3, -0.25) is 4.79 Å². The van der Waals surface area contributed by atoms with Crippen LogP contribution in [0.2, 0.25) is 0 Å². The molecule has 2 heterocycles. The molecule has 0 aliphatic heterocycles. The first-order valence-corrected chi connectivity index (χ1v) is 10.5. The Balaban J connectivity index is 0.00000106. The Labute approximate surface area is 179 Å². The summed E-state index contributed by atoms with van der Waals surface area (Å²) in [7, 11) is 0. The van der Waals surface area contributed by atoms with Crippen LogP contribution < -0.4 is 5.56 Å². The number of carbonyl (C=O) groups is 1. The summed E-state index contributed by atoms with van der Waals surface area (Å²) in [6.07, 6.45) is 2.40. The number of carbonyl (C=O) groups excluding carboxylic acids is 1. The van der Waals surface area contributed by atoms with Crippen LogP contribution in [0.3, 0.4) is 0 Å². The highest BCUT2D eigenvalue weighted by Crippen LogP contribution is 2.11. The van der Waals surface area contributed by atoms with E-state index >= 15 is 0 Å². The normalized spacial score (nSPS) is 9.50. The number of esters is 1. The van der Waals surface area contributed by atoms with Crippen LogP contribution >= 0.6 is 0 Å². The summed E-state index contributed by atoms with van der Waals surface area (Å²) in [6, 6.07) is 18.5. The van der Waals surface area contributed by atoms with Crippen molar-refractivity contribution in [3.63, 3.8) is 0 Å². The average Bonchev–Trinajstić information content (AvgIpc) is 2.80. The highest BCUT2D eigenvalue weighted by atomic mass is 16.5. The molecule has 0 aliphatic carbocycles. The summed E-state index contributed by atoms with van der Waals surface area (Å²) in [5, 5.41) is 0. The summed E-state index contributed by atoms with van der Waals surface area (Å²) in [6.45, 7) is 10.6. The van der Waals surface area contributed by atoms with Crippen LogP contribution in [0.15, 0.2) is 71.7 Å². The van der Waals surface area contributed by atoms with Gasteiger partial charge in [-0.25, -0.2) is 9.78 Å². The number of aromatic nitrogens is 2. The summed E-state index contributed by atoms with van der Waals surface area (Å²) < 4.78 is 6.65. The molecule has 1 aromatic carbocycles.